The molecule has 130 valence electrons. The Morgan fingerprint density at radius 1 is 0.704 bits per heavy atom. The lowest BCUT2D eigenvalue weighted by atomic mass is 9.91. The molecule has 0 amide bonds. The van der Waals surface area contributed by atoms with Crippen LogP contribution < -0.4 is 0 Å². The van der Waals surface area contributed by atoms with Gasteiger partial charge in [-0.05, 0) is 46.4 Å². The van der Waals surface area contributed by atoms with E-state index in [2.05, 4.69) is 31.2 Å². The molecule has 0 fully saturated rings. The molecule has 5 aromatic rings. The molecule has 0 unspecified atom stereocenters. The van der Waals surface area contributed by atoms with E-state index >= 15 is 0 Å². The van der Waals surface area contributed by atoms with Crippen LogP contribution >= 0.6 is 11.3 Å². The lowest BCUT2D eigenvalue weighted by molar-refractivity contribution is 1.16. The molecule has 1 aromatic heterocycles. The van der Waals surface area contributed by atoms with E-state index in [1.807, 2.05) is 36.4 Å². The van der Waals surface area contributed by atoms with Crippen molar-refractivity contribution in [3.8, 4) is 22.3 Å². The largest absolute Gasteiger partial charge is 0.135 e. The molecule has 0 radical (unpaired) electrons. The lowest BCUT2D eigenvalue weighted by Crippen LogP contribution is -1.89. The molecular formula is C26H20S. The molecule has 0 saturated heterocycles. The molecule has 0 aliphatic heterocycles. The van der Waals surface area contributed by atoms with E-state index in [0.29, 0.717) is 5.56 Å². The van der Waals surface area contributed by atoms with Crippen molar-refractivity contribution in [3.05, 3.63) is 96.4 Å². The van der Waals surface area contributed by atoms with Crippen LogP contribution in [0.25, 0.3) is 42.4 Å². The maximum atomic E-state index is 8.52. The second-order valence-corrected chi connectivity index (χ2v) is 7.55. The predicted molar refractivity (Wildman–Crippen MR) is 120 cm³/mol. The quantitative estimate of drug-likeness (QED) is 0.303. The summed E-state index contributed by atoms with van der Waals surface area (Å²) in [6.07, 6.45) is 0.822. The minimum absolute atomic E-state index is 0.167. The van der Waals surface area contributed by atoms with Crippen molar-refractivity contribution in [2.45, 2.75) is 13.3 Å². The van der Waals surface area contributed by atoms with Crippen LogP contribution in [0.1, 0.15) is 19.3 Å². The first-order valence-electron chi connectivity index (χ1n) is 11.5. The minimum Gasteiger partial charge on any atom is -0.135 e. The first-order valence-corrected chi connectivity index (χ1v) is 9.85. The lowest BCUT2D eigenvalue weighted by Gasteiger charge is -2.12. The van der Waals surface area contributed by atoms with E-state index < -0.39 is 0 Å². The molecule has 0 aliphatic rings. The summed E-state index contributed by atoms with van der Waals surface area (Å²) in [6, 6.07) is 19.1. The van der Waals surface area contributed by atoms with E-state index in [4.69, 9.17) is 6.85 Å². The Hall–Kier alpha value is -2.90. The summed E-state index contributed by atoms with van der Waals surface area (Å²) in [5.41, 5.74) is 4.46. The van der Waals surface area contributed by atoms with Gasteiger partial charge in [-0.1, -0.05) is 85.7 Å². The molecule has 27 heavy (non-hydrogen) atoms. The average molecular weight is 370 g/mol. The van der Waals surface area contributed by atoms with Crippen LogP contribution in [0.4, 0.5) is 0 Å². The normalized spacial score (nSPS) is 13.9. The highest BCUT2D eigenvalue weighted by Gasteiger charge is 2.16. The average Bonchev–Trinajstić information content (AvgIpc) is 3.21. The molecule has 4 aromatic carbocycles. The number of thiophene rings is 1. The van der Waals surface area contributed by atoms with Gasteiger partial charge in [-0.3, -0.25) is 0 Å². The van der Waals surface area contributed by atoms with E-state index in [1.165, 1.54) is 5.56 Å². The fourth-order valence-corrected chi connectivity index (χ4v) is 4.99. The third-order valence-corrected chi connectivity index (χ3v) is 6.10. The molecule has 5 rings (SSSR count). The van der Waals surface area contributed by atoms with Crippen LogP contribution in [-0.2, 0) is 6.42 Å². The van der Waals surface area contributed by atoms with Crippen LogP contribution in [0, 0.1) is 0 Å². The van der Waals surface area contributed by atoms with E-state index in [1.54, 1.807) is 11.3 Å². The first kappa shape index (κ1) is 11.7. The maximum absolute atomic E-state index is 8.52. The van der Waals surface area contributed by atoms with Gasteiger partial charge in [0.25, 0.3) is 0 Å². The summed E-state index contributed by atoms with van der Waals surface area (Å²) in [6.45, 7) is 2.14. The molecule has 1 heterocycles. The van der Waals surface area contributed by atoms with E-state index in [0.717, 1.165) is 37.7 Å². The van der Waals surface area contributed by atoms with Crippen LogP contribution in [-0.4, -0.2) is 0 Å². The smallest absolute Gasteiger partial charge is 0.0629 e. The Labute approximate surface area is 170 Å². The van der Waals surface area contributed by atoms with Crippen LogP contribution in [0.2, 0.25) is 0 Å². The van der Waals surface area contributed by atoms with Gasteiger partial charge in [-0.15, -0.1) is 11.3 Å². The van der Waals surface area contributed by atoms with Gasteiger partial charge in [0.2, 0.25) is 0 Å². The molecular weight excluding hydrogens is 344 g/mol. The SMILES string of the molecule is [2H]c1c([2H])c([2H])c(-c2cccc3sc4ccc(-c5ccccc5)c(CC)c4c23)c([2H])c1[2H]. The molecule has 0 spiro atoms. The van der Waals surface area contributed by atoms with Crippen LogP contribution in [0.3, 0.4) is 0 Å². The third kappa shape index (κ3) is 2.67. The van der Waals surface area contributed by atoms with Crippen molar-refractivity contribution in [3.63, 3.8) is 0 Å². The van der Waals surface area contributed by atoms with Gasteiger partial charge < -0.3 is 0 Å². The van der Waals surface area contributed by atoms with Crippen molar-refractivity contribution in [2.24, 2.45) is 0 Å². The molecule has 1 heteroatoms. The van der Waals surface area contributed by atoms with Gasteiger partial charge in [0.15, 0.2) is 0 Å². The van der Waals surface area contributed by atoms with E-state index in [-0.39, 0.29) is 35.8 Å². The zero-order valence-corrected chi connectivity index (χ0v) is 15.7. The number of hydrogen-bond donors (Lipinski definition) is 0. The second-order valence-electron chi connectivity index (χ2n) is 6.47. The maximum Gasteiger partial charge on any atom is 0.0629 e. The van der Waals surface area contributed by atoms with Crippen molar-refractivity contribution >= 4 is 31.5 Å². The van der Waals surface area contributed by atoms with E-state index in [9.17, 15) is 0 Å². The van der Waals surface area contributed by atoms with Gasteiger partial charge >= 0.3 is 0 Å². The summed E-state index contributed by atoms with van der Waals surface area (Å²) in [7, 11) is 0. The molecule has 0 bridgehead atoms. The zero-order valence-electron chi connectivity index (χ0n) is 19.9. The number of fused-ring (bicyclic) bond motifs is 3. The third-order valence-electron chi connectivity index (χ3n) is 4.98. The minimum atomic E-state index is -0.369. The summed E-state index contributed by atoms with van der Waals surface area (Å²) in [5, 5.41) is 2.07. The Kier molecular flexibility index (Phi) is 2.90. The standard InChI is InChI=1S/C26H20S/c1-2-20-21(18-10-5-3-6-11-18)16-17-24-25(20)26-22(14-9-15-23(26)27-24)19-12-7-4-8-13-19/h3-17H,2H2,1H3/i4D,7D,8D,12D,13D. The Bertz CT molecular complexity index is 1470. The number of benzene rings is 4. The second kappa shape index (κ2) is 6.68. The van der Waals surface area contributed by atoms with Crippen LogP contribution in [0.15, 0.2) is 90.9 Å². The number of aryl methyl sites for hydroxylation is 1. The summed E-state index contributed by atoms with van der Waals surface area (Å²) >= 11 is 1.67. The zero-order chi connectivity index (χ0) is 22.6. The summed E-state index contributed by atoms with van der Waals surface area (Å²) < 4.78 is 43.4. The van der Waals surface area contributed by atoms with Gasteiger partial charge in [-0.25, -0.2) is 0 Å². The highest BCUT2D eigenvalue weighted by Crippen LogP contribution is 2.44. The van der Waals surface area contributed by atoms with Crippen LogP contribution in [0.5, 0.6) is 0 Å². The Balaban J connectivity index is 1.94. The highest BCUT2D eigenvalue weighted by molar-refractivity contribution is 7.26. The molecule has 0 aliphatic carbocycles. The fourth-order valence-electron chi connectivity index (χ4n) is 3.83. The summed E-state index contributed by atoms with van der Waals surface area (Å²) in [4.78, 5) is 0. The highest BCUT2D eigenvalue weighted by atomic mass is 32.1. The van der Waals surface area contributed by atoms with Gasteiger partial charge in [-0.2, -0.15) is 0 Å². The topological polar surface area (TPSA) is 0 Å². The van der Waals surface area contributed by atoms with Crippen molar-refractivity contribution in [1.29, 1.82) is 0 Å². The van der Waals surface area contributed by atoms with Gasteiger partial charge in [0.05, 0.1) is 6.85 Å². The number of rotatable bonds is 3. The first-order chi connectivity index (χ1) is 15.4. The van der Waals surface area contributed by atoms with Crippen molar-refractivity contribution in [2.75, 3.05) is 0 Å². The Morgan fingerprint density at radius 2 is 1.48 bits per heavy atom. The van der Waals surface area contributed by atoms with Gasteiger partial charge in [0, 0.05) is 20.2 Å². The molecule has 0 atom stereocenters. The van der Waals surface area contributed by atoms with Crippen molar-refractivity contribution < 1.29 is 6.85 Å². The summed E-state index contributed by atoms with van der Waals surface area (Å²) in [5.74, 6) is 0. The predicted octanol–water partition coefficient (Wildman–Crippen LogP) is 7.95. The van der Waals surface area contributed by atoms with Gasteiger partial charge in [0.1, 0.15) is 0 Å². The monoisotopic (exact) mass is 369 g/mol. The fraction of sp³-hybridized carbons (Fsp3) is 0.0769. The number of hydrogen-bond acceptors (Lipinski definition) is 1. The molecule has 0 saturated carbocycles. The van der Waals surface area contributed by atoms with Crippen molar-refractivity contribution in [1.82, 2.24) is 0 Å². The molecule has 0 N–H and O–H groups in total. The Morgan fingerprint density at radius 3 is 2.26 bits per heavy atom. The molecule has 0 nitrogen and oxygen atoms in total.